The lowest BCUT2D eigenvalue weighted by atomic mass is 10.0. The van der Waals surface area contributed by atoms with Gasteiger partial charge in [-0.2, -0.15) is 5.10 Å². The lowest BCUT2D eigenvalue weighted by Crippen LogP contribution is -2.47. The van der Waals surface area contributed by atoms with E-state index in [0.717, 1.165) is 30.8 Å². The number of benzene rings is 2. The highest BCUT2D eigenvalue weighted by Gasteiger charge is 2.20. The van der Waals surface area contributed by atoms with Crippen molar-refractivity contribution in [2.45, 2.75) is 19.8 Å². The number of halogens is 1. The standard InChI is InChI=1S/C22H22ClN5O2/c1-15-19(13-24-28(15)18-9-4-8-17(23)12-18)22(30)26-25-21(29)14-27-11-5-7-16-6-2-3-10-20(16)27/h2-4,6,8-10,12-13H,5,7,11,14H2,1H3,(H,25,29)(H,26,30). The number of carbonyl (C=O) groups excluding carboxylic acids is 2. The molecular weight excluding hydrogens is 402 g/mol. The molecule has 2 N–H and O–H groups in total. The van der Waals surface area contributed by atoms with Crippen LogP contribution in [0.4, 0.5) is 5.69 Å². The predicted octanol–water partition coefficient (Wildman–Crippen LogP) is 3.05. The number of carbonyl (C=O) groups is 2. The second kappa shape index (κ2) is 8.59. The van der Waals surface area contributed by atoms with Crippen molar-refractivity contribution in [1.29, 1.82) is 0 Å². The average Bonchev–Trinajstić information content (AvgIpc) is 3.14. The fourth-order valence-corrected chi connectivity index (χ4v) is 3.87. The minimum atomic E-state index is -0.423. The molecule has 2 amide bonds. The van der Waals surface area contributed by atoms with Gasteiger partial charge < -0.3 is 4.90 Å². The molecule has 1 aliphatic heterocycles. The summed E-state index contributed by atoms with van der Waals surface area (Å²) in [5.74, 6) is -0.701. The summed E-state index contributed by atoms with van der Waals surface area (Å²) in [6.07, 6.45) is 3.48. The van der Waals surface area contributed by atoms with Crippen molar-refractivity contribution in [3.63, 3.8) is 0 Å². The molecule has 1 aromatic heterocycles. The first-order chi connectivity index (χ1) is 14.5. The van der Waals surface area contributed by atoms with Gasteiger partial charge in [-0.1, -0.05) is 35.9 Å². The van der Waals surface area contributed by atoms with Crippen LogP contribution in [0.3, 0.4) is 0 Å². The maximum atomic E-state index is 12.6. The second-order valence-corrected chi connectivity index (χ2v) is 7.63. The predicted molar refractivity (Wildman–Crippen MR) is 116 cm³/mol. The number of hydrogen-bond acceptors (Lipinski definition) is 4. The van der Waals surface area contributed by atoms with Gasteiger partial charge in [0, 0.05) is 17.3 Å². The first-order valence-electron chi connectivity index (χ1n) is 9.75. The third-order valence-corrected chi connectivity index (χ3v) is 5.40. The zero-order valence-electron chi connectivity index (χ0n) is 16.6. The lowest BCUT2D eigenvalue weighted by molar-refractivity contribution is -0.120. The Morgan fingerprint density at radius 1 is 1.13 bits per heavy atom. The summed E-state index contributed by atoms with van der Waals surface area (Å²) in [5.41, 5.74) is 9.08. The van der Waals surface area contributed by atoms with Gasteiger partial charge in [0.05, 0.1) is 29.7 Å². The average molecular weight is 424 g/mol. The zero-order chi connectivity index (χ0) is 21.1. The van der Waals surface area contributed by atoms with E-state index in [9.17, 15) is 9.59 Å². The van der Waals surface area contributed by atoms with E-state index < -0.39 is 5.91 Å². The van der Waals surface area contributed by atoms with E-state index in [0.29, 0.717) is 16.3 Å². The van der Waals surface area contributed by atoms with Gasteiger partial charge in [0.25, 0.3) is 11.8 Å². The van der Waals surface area contributed by atoms with Crippen LogP contribution in [0.2, 0.25) is 5.02 Å². The maximum Gasteiger partial charge on any atom is 0.273 e. The molecule has 1 aliphatic rings. The van der Waals surface area contributed by atoms with Crippen LogP contribution in [-0.2, 0) is 11.2 Å². The van der Waals surface area contributed by atoms with E-state index in [2.05, 4.69) is 22.0 Å². The number of hydrazine groups is 1. The van der Waals surface area contributed by atoms with Crippen LogP contribution in [0.5, 0.6) is 0 Å². The number of fused-ring (bicyclic) bond motifs is 1. The minimum absolute atomic E-state index is 0.179. The monoisotopic (exact) mass is 423 g/mol. The molecule has 8 heteroatoms. The van der Waals surface area contributed by atoms with Crippen LogP contribution in [0.1, 0.15) is 28.0 Å². The highest BCUT2D eigenvalue weighted by atomic mass is 35.5. The van der Waals surface area contributed by atoms with Crippen LogP contribution in [0.25, 0.3) is 5.69 Å². The van der Waals surface area contributed by atoms with Gasteiger partial charge in [-0.15, -0.1) is 0 Å². The normalized spacial score (nSPS) is 12.9. The van der Waals surface area contributed by atoms with Crippen molar-refractivity contribution in [3.05, 3.63) is 76.6 Å². The molecule has 0 bridgehead atoms. The number of rotatable bonds is 4. The Labute approximate surface area is 179 Å². The lowest BCUT2D eigenvalue weighted by Gasteiger charge is -2.30. The number of nitrogens with one attached hydrogen (secondary N) is 2. The Morgan fingerprint density at radius 3 is 2.80 bits per heavy atom. The quantitative estimate of drug-likeness (QED) is 0.632. The number of anilines is 1. The van der Waals surface area contributed by atoms with Crippen LogP contribution >= 0.6 is 11.6 Å². The minimum Gasteiger partial charge on any atom is -0.362 e. The summed E-state index contributed by atoms with van der Waals surface area (Å²) in [7, 11) is 0. The van der Waals surface area contributed by atoms with Gasteiger partial charge in [-0.3, -0.25) is 20.4 Å². The molecule has 0 atom stereocenters. The second-order valence-electron chi connectivity index (χ2n) is 7.19. The molecule has 154 valence electrons. The van der Waals surface area contributed by atoms with Crippen molar-refractivity contribution in [1.82, 2.24) is 20.6 Å². The Balaban J connectivity index is 1.38. The van der Waals surface area contributed by atoms with E-state index in [-0.39, 0.29) is 12.5 Å². The Morgan fingerprint density at radius 2 is 1.97 bits per heavy atom. The van der Waals surface area contributed by atoms with Crippen LogP contribution in [0.15, 0.2) is 54.7 Å². The highest BCUT2D eigenvalue weighted by molar-refractivity contribution is 6.30. The van der Waals surface area contributed by atoms with Gasteiger partial charge in [0.2, 0.25) is 0 Å². The molecular formula is C22H22ClN5O2. The first kappa shape index (κ1) is 20.0. The molecule has 2 aromatic carbocycles. The number of aryl methyl sites for hydroxylation is 1. The molecule has 4 rings (SSSR count). The van der Waals surface area contributed by atoms with E-state index in [1.807, 2.05) is 35.2 Å². The van der Waals surface area contributed by atoms with E-state index in [1.165, 1.54) is 11.8 Å². The van der Waals surface area contributed by atoms with Gasteiger partial charge in [0.15, 0.2) is 0 Å². The summed E-state index contributed by atoms with van der Waals surface area (Å²) in [5, 5.41) is 4.85. The number of aromatic nitrogens is 2. The maximum absolute atomic E-state index is 12.6. The van der Waals surface area contributed by atoms with E-state index in [4.69, 9.17) is 11.6 Å². The van der Waals surface area contributed by atoms with Crippen molar-refractivity contribution in [3.8, 4) is 5.69 Å². The Bertz CT molecular complexity index is 1090. The van der Waals surface area contributed by atoms with Crippen LogP contribution in [-0.4, -0.2) is 34.7 Å². The molecule has 30 heavy (non-hydrogen) atoms. The third-order valence-electron chi connectivity index (χ3n) is 5.16. The fourth-order valence-electron chi connectivity index (χ4n) is 3.68. The van der Waals surface area contributed by atoms with E-state index in [1.54, 1.807) is 23.7 Å². The topological polar surface area (TPSA) is 79.3 Å². The smallest absolute Gasteiger partial charge is 0.273 e. The number of amides is 2. The summed E-state index contributed by atoms with van der Waals surface area (Å²) < 4.78 is 1.63. The zero-order valence-corrected chi connectivity index (χ0v) is 17.3. The molecule has 0 radical (unpaired) electrons. The van der Waals surface area contributed by atoms with Crippen molar-refractivity contribution in [2.24, 2.45) is 0 Å². The number of para-hydroxylation sites is 1. The van der Waals surface area contributed by atoms with Crippen LogP contribution < -0.4 is 15.8 Å². The fraction of sp³-hybridized carbons (Fsp3) is 0.227. The van der Waals surface area contributed by atoms with Crippen molar-refractivity contribution < 1.29 is 9.59 Å². The molecule has 0 aliphatic carbocycles. The van der Waals surface area contributed by atoms with Gasteiger partial charge in [-0.05, 0) is 49.6 Å². The third kappa shape index (κ3) is 4.16. The van der Waals surface area contributed by atoms with Gasteiger partial charge in [-0.25, -0.2) is 4.68 Å². The number of nitrogens with zero attached hydrogens (tertiary/aromatic N) is 3. The highest BCUT2D eigenvalue weighted by Crippen LogP contribution is 2.26. The molecule has 0 saturated carbocycles. The Kier molecular flexibility index (Phi) is 5.72. The summed E-state index contributed by atoms with van der Waals surface area (Å²) in [6, 6.07) is 15.3. The molecule has 7 nitrogen and oxygen atoms in total. The van der Waals surface area contributed by atoms with Gasteiger partial charge in [0.1, 0.15) is 0 Å². The molecule has 0 unspecified atom stereocenters. The van der Waals surface area contributed by atoms with Gasteiger partial charge >= 0.3 is 0 Å². The summed E-state index contributed by atoms with van der Waals surface area (Å²) in [6.45, 7) is 2.78. The molecule has 0 saturated heterocycles. The summed E-state index contributed by atoms with van der Waals surface area (Å²) >= 11 is 6.04. The number of hydrogen-bond donors (Lipinski definition) is 2. The Hall–Kier alpha value is -3.32. The molecule has 2 heterocycles. The summed E-state index contributed by atoms with van der Waals surface area (Å²) in [4.78, 5) is 27.0. The van der Waals surface area contributed by atoms with Crippen LogP contribution in [0, 0.1) is 6.92 Å². The van der Waals surface area contributed by atoms with Crippen molar-refractivity contribution in [2.75, 3.05) is 18.0 Å². The first-order valence-corrected chi connectivity index (χ1v) is 10.1. The molecule has 0 fully saturated rings. The van der Waals surface area contributed by atoms with E-state index >= 15 is 0 Å². The molecule has 0 spiro atoms. The molecule has 3 aromatic rings. The SMILES string of the molecule is Cc1c(C(=O)NNC(=O)CN2CCCc3ccccc32)cnn1-c1cccc(Cl)c1. The largest absolute Gasteiger partial charge is 0.362 e. The van der Waals surface area contributed by atoms with Crippen molar-refractivity contribution >= 4 is 29.1 Å².